The zero-order valence-corrected chi connectivity index (χ0v) is 11.1. The first-order valence-electron chi connectivity index (χ1n) is 6.86. The molecule has 1 atom stereocenters. The predicted molar refractivity (Wildman–Crippen MR) is 74.4 cm³/mol. The largest absolute Gasteiger partial charge is 0.385 e. The lowest BCUT2D eigenvalue weighted by molar-refractivity contribution is 0.500. The monoisotopic (exact) mass is 232 g/mol. The second kappa shape index (κ2) is 6.06. The highest BCUT2D eigenvalue weighted by Crippen LogP contribution is 2.25. The van der Waals surface area contributed by atoms with Gasteiger partial charge in [0.15, 0.2) is 0 Å². The van der Waals surface area contributed by atoms with E-state index in [1.165, 1.54) is 36.1 Å². The van der Waals surface area contributed by atoms with Gasteiger partial charge in [-0.05, 0) is 36.4 Å². The van der Waals surface area contributed by atoms with E-state index in [2.05, 4.69) is 42.7 Å². The molecule has 0 bridgehead atoms. The molecule has 0 aliphatic carbocycles. The fraction of sp³-hybridized carbons (Fsp3) is 0.600. The quantitative estimate of drug-likeness (QED) is 0.814. The molecule has 1 unspecified atom stereocenters. The highest BCUT2D eigenvalue weighted by atomic mass is 14.9. The maximum atomic E-state index is 3.56. The predicted octanol–water partition coefficient (Wildman–Crippen LogP) is 3.18. The van der Waals surface area contributed by atoms with Crippen LogP contribution in [0.1, 0.15) is 37.8 Å². The Morgan fingerprint density at radius 3 is 3.12 bits per heavy atom. The Morgan fingerprint density at radius 2 is 2.29 bits per heavy atom. The summed E-state index contributed by atoms with van der Waals surface area (Å²) in [6.07, 6.45) is 3.73. The normalized spacial score (nSPS) is 16.1. The van der Waals surface area contributed by atoms with Gasteiger partial charge in [-0.15, -0.1) is 0 Å². The van der Waals surface area contributed by atoms with Crippen LogP contribution in [0, 0.1) is 5.92 Å². The Kier molecular flexibility index (Phi) is 4.43. The minimum absolute atomic E-state index is 0.766. The molecule has 1 aromatic rings. The number of nitrogens with one attached hydrogen (secondary N) is 2. The highest BCUT2D eigenvalue weighted by molar-refractivity contribution is 5.59. The van der Waals surface area contributed by atoms with Crippen molar-refractivity contribution in [3.8, 4) is 0 Å². The third-order valence-electron chi connectivity index (χ3n) is 3.67. The van der Waals surface area contributed by atoms with Crippen molar-refractivity contribution in [2.75, 3.05) is 18.4 Å². The van der Waals surface area contributed by atoms with Crippen LogP contribution < -0.4 is 10.6 Å². The Labute approximate surface area is 105 Å². The van der Waals surface area contributed by atoms with E-state index in [1.807, 2.05) is 0 Å². The molecule has 2 N–H and O–H groups in total. The number of aryl methyl sites for hydroxylation is 1. The molecule has 1 heterocycles. The summed E-state index contributed by atoms with van der Waals surface area (Å²) >= 11 is 0. The third kappa shape index (κ3) is 3.22. The van der Waals surface area contributed by atoms with E-state index in [-0.39, 0.29) is 0 Å². The van der Waals surface area contributed by atoms with Gasteiger partial charge in [0.25, 0.3) is 0 Å². The number of benzene rings is 1. The minimum atomic E-state index is 0.766. The highest BCUT2D eigenvalue weighted by Gasteiger charge is 2.11. The molecule has 2 rings (SSSR count). The van der Waals surface area contributed by atoms with E-state index in [9.17, 15) is 0 Å². The summed E-state index contributed by atoms with van der Waals surface area (Å²) in [5, 5.41) is 7.11. The molecular weight excluding hydrogens is 208 g/mol. The van der Waals surface area contributed by atoms with Crippen molar-refractivity contribution in [3.63, 3.8) is 0 Å². The van der Waals surface area contributed by atoms with Crippen molar-refractivity contribution in [2.45, 2.75) is 39.7 Å². The summed E-state index contributed by atoms with van der Waals surface area (Å²) in [5.41, 5.74) is 4.29. The summed E-state index contributed by atoms with van der Waals surface area (Å²) in [7, 11) is 0. The second-order valence-electron chi connectivity index (χ2n) is 5.13. The smallest absolute Gasteiger partial charge is 0.0418 e. The van der Waals surface area contributed by atoms with Crippen molar-refractivity contribution in [3.05, 3.63) is 29.3 Å². The Balaban J connectivity index is 1.96. The van der Waals surface area contributed by atoms with Gasteiger partial charge >= 0.3 is 0 Å². The lowest BCUT2D eigenvalue weighted by atomic mass is 9.99. The van der Waals surface area contributed by atoms with Gasteiger partial charge in [0, 0.05) is 18.8 Å². The van der Waals surface area contributed by atoms with Gasteiger partial charge in [0.1, 0.15) is 0 Å². The molecule has 0 spiro atoms. The first-order chi connectivity index (χ1) is 8.31. The van der Waals surface area contributed by atoms with Gasteiger partial charge in [0.05, 0.1) is 0 Å². The van der Waals surface area contributed by atoms with Crippen LogP contribution in [0.4, 0.5) is 5.69 Å². The van der Waals surface area contributed by atoms with E-state index in [4.69, 9.17) is 0 Å². The average molecular weight is 232 g/mol. The topological polar surface area (TPSA) is 24.1 Å². The van der Waals surface area contributed by atoms with Crippen LogP contribution in [0.5, 0.6) is 0 Å². The van der Waals surface area contributed by atoms with E-state index < -0.39 is 0 Å². The van der Waals surface area contributed by atoms with E-state index in [0.29, 0.717) is 0 Å². The standard InChI is InChI=1S/C15H24N2/c1-3-12(2)10-16-11-14-7-4-6-13-8-5-9-17-15(13)14/h4,6-7,12,16-17H,3,5,8-11H2,1-2H3. The van der Waals surface area contributed by atoms with Gasteiger partial charge in [-0.2, -0.15) is 0 Å². The number of hydrogen-bond donors (Lipinski definition) is 2. The molecule has 2 nitrogen and oxygen atoms in total. The van der Waals surface area contributed by atoms with Crippen molar-refractivity contribution in [2.24, 2.45) is 5.92 Å². The SMILES string of the molecule is CCC(C)CNCc1cccc2c1NCCC2. The van der Waals surface area contributed by atoms with Crippen LogP contribution in [0.25, 0.3) is 0 Å². The molecule has 1 aromatic carbocycles. The van der Waals surface area contributed by atoms with Gasteiger partial charge in [-0.1, -0.05) is 38.5 Å². The second-order valence-corrected chi connectivity index (χ2v) is 5.13. The summed E-state index contributed by atoms with van der Waals surface area (Å²) in [6, 6.07) is 6.67. The number of rotatable bonds is 5. The van der Waals surface area contributed by atoms with Crippen molar-refractivity contribution >= 4 is 5.69 Å². The Hall–Kier alpha value is -1.02. The number of hydrogen-bond acceptors (Lipinski definition) is 2. The van der Waals surface area contributed by atoms with Crippen LogP contribution in [0.3, 0.4) is 0 Å². The van der Waals surface area contributed by atoms with E-state index in [1.54, 1.807) is 0 Å². The summed E-state index contributed by atoms with van der Waals surface area (Å²) in [4.78, 5) is 0. The number of anilines is 1. The molecule has 0 radical (unpaired) electrons. The van der Waals surface area contributed by atoms with E-state index in [0.717, 1.165) is 25.6 Å². The van der Waals surface area contributed by atoms with Gasteiger partial charge in [-0.3, -0.25) is 0 Å². The molecule has 0 aromatic heterocycles. The fourth-order valence-electron chi connectivity index (χ4n) is 2.33. The lowest BCUT2D eigenvalue weighted by Crippen LogP contribution is -2.22. The van der Waals surface area contributed by atoms with Gasteiger partial charge in [-0.25, -0.2) is 0 Å². The Bertz CT molecular complexity index is 360. The fourth-order valence-corrected chi connectivity index (χ4v) is 2.33. The minimum Gasteiger partial charge on any atom is -0.385 e. The molecule has 94 valence electrons. The summed E-state index contributed by atoms with van der Waals surface area (Å²) in [6.45, 7) is 7.76. The average Bonchev–Trinajstić information content (AvgIpc) is 2.39. The first kappa shape index (κ1) is 12.4. The maximum absolute atomic E-state index is 3.56. The molecule has 0 saturated carbocycles. The molecule has 2 heteroatoms. The third-order valence-corrected chi connectivity index (χ3v) is 3.67. The molecule has 0 fully saturated rings. The van der Waals surface area contributed by atoms with Gasteiger partial charge in [0.2, 0.25) is 0 Å². The van der Waals surface area contributed by atoms with Gasteiger partial charge < -0.3 is 10.6 Å². The lowest BCUT2D eigenvalue weighted by Gasteiger charge is -2.21. The molecule has 1 aliphatic heterocycles. The number of fused-ring (bicyclic) bond motifs is 1. The van der Waals surface area contributed by atoms with Crippen LogP contribution in [-0.4, -0.2) is 13.1 Å². The van der Waals surface area contributed by atoms with Crippen molar-refractivity contribution in [1.82, 2.24) is 5.32 Å². The van der Waals surface area contributed by atoms with Crippen LogP contribution >= 0.6 is 0 Å². The van der Waals surface area contributed by atoms with Crippen LogP contribution in [0.15, 0.2) is 18.2 Å². The molecular formula is C15H24N2. The maximum Gasteiger partial charge on any atom is 0.0418 e. The Morgan fingerprint density at radius 1 is 1.41 bits per heavy atom. The summed E-state index contributed by atoms with van der Waals surface area (Å²) < 4.78 is 0. The van der Waals surface area contributed by atoms with Crippen LogP contribution in [0.2, 0.25) is 0 Å². The molecule has 0 amide bonds. The molecule has 17 heavy (non-hydrogen) atoms. The summed E-state index contributed by atoms with van der Waals surface area (Å²) in [5.74, 6) is 0.766. The van der Waals surface area contributed by atoms with Crippen molar-refractivity contribution in [1.29, 1.82) is 0 Å². The van der Waals surface area contributed by atoms with Crippen molar-refractivity contribution < 1.29 is 0 Å². The molecule has 1 aliphatic rings. The zero-order valence-electron chi connectivity index (χ0n) is 11.1. The number of para-hydroxylation sites is 1. The zero-order chi connectivity index (χ0) is 12.1. The van der Waals surface area contributed by atoms with Crippen LogP contribution in [-0.2, 0) is 13.0 Å². The first-order valence-corrected chi connectivity index (χ1v) is 6.86. The van der Waals surface area contributed by atoms with E-state index >= 15 is 0 Å². The molecule has 0 saturated heterocycles.